The van der Waals surface area contributed by atoms with E-state index in [1.807, 2.05) is 48.5 Å². The molecule has 4 aromatic rings. The van der Waals surface area contributed by atoms with Crippen LogP contribution in [0.5, 0.6) is 0 Å². The number of halogens is 1. The smallest absolute Gasteiger partial charge is 0.272 e. The minimum absolute atomic E-state index is 0.177. The Morgan fingerprint density at radius 3 is 2.79 bits per heavy atom. The van der Waals surface area contributed by atoms with Crippen molar-refractivity contribution in [3.63, 3.8) is 0 Å². The van der Waals surface area contributed by atoms with Gasteiger partial charge in [-0.15, -0.1) is 10.2 Å². The van der Waals surface area contributed by atoms with E-state index in [9.17, 15) is 4.79 Å². The van der Waals surface area contributed by atoms with Crippen LogP contribution in [0.1, 0.15) is 24.3 Å². The van der Waals surface area contributed by atoms with Crippen molar-refractivity contribution in [1.82, 2.24) is 25.2 Å². The van der Waals surface area contributed by atoms with Crippen LogP contribution in [0.2, 0.25) is 0 Å². The molecular weight excluding hydrogens is 420 g/mol. The molecular formula is C20H19BrN6O. The molecule has 0 radical (unpaired) electrons. The Morgan fingerprint density at radius 1 is 1.21 bits per heavy atom. The van der Waals surface area contributed by atoms with E-state index in [1.165, 1.54) is 0 Å². The number of para-hydroxylation sites is 1. The first-order valence-corrected chi connectivity index (χ1v) is 9.75. The zero-order valence-electron chi connectivity index (χ0n) is 15.5. The maximum atomic E-state index is 13.2. The minimum Gasteiger partial charge on any atom is -0.336 e. The summed E-state index contributed by atoms with van der Waals surface area (Å²) >= 11 is 3.45. The Balaban J connectivity index is 1.74. The summed E-state index contributed by atoms with van der Waals surface area (Å²) in [5, 5.41) is 18.2. The van der Waals surface area contributed by atoms with Crippen molar-refractivity contribution in [2.45, 2.75) is 20.4 Å². The highest BCUT2D eigenvalue weighted by molar-refractivity contribution is 9.10. The zero-order chi connectivity index (χ0) is 19.7. The van der Waals surface area contributed by atoms with Gasteiger partial charge >= 0.3 is 0 Å². The predicted octanol–water partition coefficient (Wildman–Crippen LogP) is 4.49. The molecule has 0 saturated heterocycles. The Morgan fingerprint density at radius 2 is 2.04 bits per heavy atom. The Hall–Kier alpha value is -3.00. The molecule has 1 amide bonds. The number of amides is 1. The number of hydrogen-bond acceptors (Lipinski definition) is 4. The van der Waals surface area contributed by atoms with Crippen molar-refractivity contribution in [2.24, 2.45) is 5.92 Å². The first-order valence-electron chi connectivity index (χ1n) is 8.96. The lowest BCUT2D eigenvalue weighted by Gasteiger charge is -2.14. The first-order chi connectivity index (χ1) is 13.5. The highest BCUT2D eigenvalue weighted by Crippen LogP contribution is 2.29. The van der Waals surface area contributed by atoms with Crippen LogP contribution in [-0.4, -0.2) is 31.1 Å². The van der Waals surface area contributed by atoms with Gasteiger partial charge in [-0.05, 0) is 41.5 Å². The van der Waals surface area contributed by atoms with E-state index in [2.05, 4.69) is 60.3 Å². The second-order valence-electron chi connectivity index (χ2n) is 6.97. The summed E-state index contributed by atoms with van der Waals surface area (Å²) < 4.78 is 2.93. The van der Waals surface area contributed by atoms with Gasteiger partial charge < -0.3 is 9.88 Å². The highest BCUT2D eigenvalue weighted by atomic mass is 79.9. The number of hydrogen-bond donors (Lipinski definition) is 2. The first kappa shape index (κ1) is 18.4. The van der Waals surface area contributed by atoms with Crippen LogP contribution >= 0.6 is 15.9 Å². The van der Waals surface area contributed by atoms with Gasteiger partial charge in [-0.2, -0.15) is 5.21 Å². The third-order valence-electron chi connectivity index (χ3n) is 4.41. The molecule has 0 aliphatic heterocycles. The van der Waals surface area contributed by atoms with E-state index in [0.29, 0.717) is 28.7 Å². The molecule has 0 unspecified atom stereocenters. The largest absolute Gasteiger partial charge is 0.336 e. The lowest BCUT2D eigenvalue weighted by atomic mass is 10.1. The maximum absolute atomic E-state index is 13.2. The second-order valence-corrected chi connectivity index (χ2v) is 7.89. The molecule has 7 nitrogen and oxygen atoms in total. The molecule has 28 heavy (non-hydrogen) atoms. The normalized spacial score (nSPS) is 11.3. The SMILES string of the molecule is CC(C)Cn1c(C(=O)Nc2ccc(Br)cc2-c2nn[nH]n2)cc2ccccc21. The summed E-state index contributed by atoms with van der Waals surface area (Å²) in [6.07, 6.45) is 0. The molecule has 0 saturated carbocycles. The van der Waals surface area contributed by atoms with E-state index < -0.39 is 0 Å². The Labute approximate surface area is 170 Å². The number of benzene rings is 2. The average molecular weight is 439 g/mol. The molecule has 0 spiro atoms. The van der Waals surface area contributed by atoms with Gasteiger partial charge in [0.1, 0.15) is 5.69 Å². The van der Waals surface area contributed by atoms with E-state index in [4.69, 9.17) is 0 Å². The fraction of sp³-hybridized carbons (Fsp3) is 0.200. The highest BCUT2D eigenvalue weighted by Gasteiger charge is 2.19. The minimum atomic E-state index is -0.177. The van der Waals surface area contributed by atoms with E-state index >= 15 is 0 Å². The summed E-state index contributed by atoms with van der Waals surface area (Å²) in [7, 11) is 0. The zero-order valence-corrected chi connectivity index (χ0v) is 17.1. The quantitative estimate of drug-likeness (QED) is 0.480. The molecule has 0 aliphatic carbocycles. The Kier molecular flexibility index (Phi) is 4.95. The number of nitrogens with zero attached hydrogens (tertiary/aromatic N) is 4. The van der Waals surface area contributed by atoms with Crippen LogP contribution in [0.25, 0.3) is 22.3 Å². The van der Waals surface area contributed by atoms with Crippen molar-refractivity contribution in [3.05, 3.63) is 58.7 Å². The fourth-order valence-electron chi connectivity index (χ4n) is 3.23. The van der Waals surface area contributed by atoms with Gasteiger partial charge in [0, 0.05) is 27.5 Å². The summed E-state index contributed by atoms with van der Waals surface area (Å²) in [4.78, 5) is 13.2. The molecule has 0 bridgehead atoms. The number of fused-ring (bicyclic) bond motifs is 1. The molecule has 0 fully saturated rings. The van der Waals surface area contributed by atoms with Crippen molar-refractivity contribution < 1.29 is 4.79 Å². The van der Waals surface area contributed by atoms with Crippen LogP contribution < -0.4 is 5.32 Å². The standard InChI is InChI=1S/C20H19BrN6O/c1-12(2)11-27-17-6-4-3-5-13(17)9-18(27)20(28)22-16-8-7-14(21)10-15(16)19-23-25-26-24-19/h3-10,12H,11H2,1-2H3,(H,22,28)(H,23,24,25,26). The molecule has 4 rings (SSSR count). The number of aromatic amines is 1. The average Bonchev–Trinajstić information content (AvgIpc) is 3.31. The van der Waals surface area contributed by atoms with Gasteiger partial charge in [0.25, 0.3) is 5.91 Å². The summed E-state index contributed by atoms with van der Waals surface area (Å²) in [5.41, 5.74) is 2.98. The number of tetrazole rings is 1. The van der Waals surface area contributed by atoms with Crippen LogP contribution in [0.3, 0.4) is 0 Å². The molecule has 0 atom stereocenters. The molecule has 2 N–H and O–H groups in total. The van der Waals surface area contributed by atoms with Gasteiger partial charge in [0.05, 0.1) is 5.69 Å². The number of carbonyl (C=O) groups is 1. The second kappa shape index (κ2) is 7.55. The van der Waals surface area contributed by atoms with Gasteiger partial charge in [-0.25, -0.2) is 0 Å². The summed E-state index contributed by atoms with van der Waals surface area (Å²) in [6.45, 7) is 5.04. The number of H-pyrrole nitrogens is 1. The van der Waals surface area contributed by atoms with Gasteiger partial charge in [0.2, 0.25) is 5.82 Å². The lowest BCUT2D eigenvalue weighted by molar-refractivity contribution is 0.101. The molecule has 8 heteroatoms. The summed E-state index contributed by atoms with van der Waals surface area (Å²) in [5.74, 6) is 0.646. The van der Waals surface area contributed by atoms with Crippen molar-refractivity contribution in [3.8, 4) is 11.4 Å². The third-order valence-corrected chi connectivity index (χ3v) is 4.90. The summed E-state index contributed by atoms with van der Waals surface area (Å²) in [6, 6.07) is 15.5. The molecule has 2 heterocycles. The fourth-order valence-corrected chi connectivity index (χ4v) is 3.59. The monoisotopic (exact) mass is 438 g/mol. The van der Waals surface area contributed by atoms with Gasteiger partial charge in [-0.1, -0.05) is 48.0 Å². The number of rotatable bonds is 5. The van der Waals surface area contributed by atoms with Crippen molar-refractivity contribution in [2.75, 3.05) is 5.32 Å². The van der Waals surface area contributed by atoms with Crippen LogP contribution in [0.15, 0.2) is 53.0 Å². The molecule has 142 valence electrons. The van der Waals surface area contributed by atoms with Crippen molar-refractivity contribution in [1.29, 1.82) is 0 Å². The van der Waals surface area contributed by atoms with E-state index in [1.54, 1.807) is 0 Å². The van der Waals surface area contributed by atoms with Crippen LogP contribution in [-0.2, 0) is 6.54 Å². The molecule has 0 aliphatic rings. The lowest BCUT2D eigenvalue weighted by Crippen LogP contribution is -2.19. The molecule has 2 aromatic carbocycles. The number of aromatic nitrogens is 5. The van der Waals surface area contributed by atoms with Crippen molar-refractivity contribution >= 4 is 38.4 Å². The number of carbonyl (C=O) groups excluding carboxylic acids is 1. The van der Waals surface area contributed by atoms with E-state index in [-0.39, 0.29) is 5.91 Å². The van der Waals surface area contributed by atoms with Crippen LogP contribution in [0.4, 0.5) is 5.69 Å². The number of anilines is 1. The maximum Gasteiger partial charge on any atom is 0.272 e. The topological polar surface area (TPSA) is 88.5 Å². The van der Waals surface area contributed by atoms with E-state index in [0.717, 1.165) is 21.9 Å². The van der Waals surface area contributed by atoms with Crippen LogP contribution in [0, 0.1) is 5.92 Å². The Bertz CT molecular complexity index is 1130. The third kappa shape index (κ3) is 3.55. The number of nitrogens with one attached hydrogen (secondary N) is 2. The van der Waals surface area contributed by atoms with Gasteiger partial charge in [-0.3, -0.25) is 4.79 Å². The van der Waals surface area contributed by atoms with Gasteiger partial charge in [0.15, 0.2) is 0 Å². The molecule has 2 aromatic heterocycles. The predicted molar refractivity (Wildman–Crippen MR) is 112 cm³/mol.